The predicted molar refractivity (Wildman–Crippen MR) is 102 cm³/mol. The van der Waals surface area contributed by atoms with E-state index in [2.05, 4.69) is 5.32 Å². The van der Waals surface area contributed by atoms with Gasteiger partial charge < -0.3 is 10.4 Å². The molecule has 2 unspecified atom stereocenters. The van der Waals surface area contributed by atoms with Gasteiger partial charge in [0.1, 0.15) is 5.25 Å². The van der Waals surface area contributed by atoms with Crippen LogP contribution in [0.15, 0.2) is 35.7 Å². The lowest BCUT2D eigenvalue weighted by atomic mass is 9.98. The molecule has 1 amide bonds. The Morgan fingerprint density at radius 1 is 1.36 bits per heavy atom. The standard InChI is InChI=1S/C19H21NO3S2/c1-12-3-2-4-13(9-12)10-14(19(22)23)11-20-18(21)17-15-5-7-24-16(15)6-8-25-17/h2-5,7,9,14,17H,6,8,10-11H2,1H3,(H,20,21)(H,22,23). The second kappa shape index (κ2) is 8.06. The number of nitrogens with one attached hydrogen (secondary N) is 1. The predicted octanol–water partition coefficient (Wildman–Crippen LogP) is 3.45. The van der Waals surface area contributed by atoms with Crippen molar-refractivity contribution in [1.82, 2.24) is 5.32 Å². The van der Waals surface area contributed by atoms with Crippen LogP contribution in [0.1, 0.15) is 26.8 Å². The number of carbonyl (C=O) groups is 2. The van der Waals surface area contributed by atoms with Crippen LogP contribution < -0.4 is 5.32 Å². The lowest BCUT2D eigenvalue weighted by molar-refractivity contribution is -0.141. The molecule has 1 aliphatic heterocycles. The largest absolute Gasteiger partial charge is 0.481 e. The summed E-state index contributed by atoms with van der Waals surface area (Å²) in [6.07, 6.45) is 1.42. The molecule has 0 radical (unpaired) electrons. The summed E-state index contributed by atoms with van der Waals surface area (Å²) in [5, 5.41) is 14.2. The first-order chi connectivity index (χ1) is 12.0. The Morgan fingerprint density at radius 3 is 2.96 bits per heavy atom. The first kappa shape index (κ1) is 18.0. The summed E-state index contributed by atoms with van der Waals surface area (Å²) in [5.41, 5.74) is 3.17. The Morgan fingerprint density at radius 2 is 2.20 bits per heavy atom. The number of aryl methyl sites for hydroxylation is 2. The molecular weight excluding hydrogens is 354 g/mol. The maximum absolute atomic E-state index is 12.6. The number of carboxylic acid groups (broad SMARTS) is 1. The number of rotatable bonds is 6. The first-order valence-electron chi connectivity index (χ1n) is 8.28. The minimum atomic E-state index is -0.880. The number of aliphatic carboxylic acids is 1. The van der Waals surface area contributed by atoms with Crippen LogP contribution in [-0.4, -0.2) is 29.3 Å². The van der Waals surface area contributed by atoms with Crippen molar-refractivity contribution in [3.05, 3.63) is 57.3 Å². The lowest BCUT2D eigenvalue weighted by Crippen LogP contribution is -2.36. The molecule has 0 spiro atoms. The third-order valence-corrected chi connectivity index (χ3v) is 6.59. The number of thiophene rings is 1. The Bertz CT molecular complexity index is 772. The van der Waals surface area contributed by atoms with Gasteiger partial charge in [-0.25, -0.2) is 0 Å². The van der Waals surface area contributed by atoms with Crippen molar-refractivity contribution in [2.75, 3.05) is 12.3 Å². The normalized spacial score (nSPS) is 17.6. The van der Waals surface area contributed by atoms with E-state index in [-0.39, 0.29) is 17.7 Å². The zero-order valence-corrected chi connectivity index (χ0v) is 15.7. The number of amides is 1. The summed E-state index contributed by atoms with van der Waals surface area (Å²) in [5.74, 6) is -0.660. The molecule has 3 rings (SSSR count). The molecule has 4 nitrogen and oxygen atoms in total. The average molecular weight is 376 g/mol. The molecule has 0 fully saturated rings. The topological polar surface area (TPSA) is 66.4 Å². The van der Waals surface area contributed by atoms with E-state index in [0.717, 1.165) is 28.9 Å². The van der Waals surface area contributed by atoms with E-state index in [1.165, 1.54) is 4.88 Å². The Hall–Kier alpha value is -1.79. The van der Waals surface area contributed by atoms with Crippen LogP contribution in [0.5, 0.6) is 0 Å². The number of thioether (sulfide) groups is 1. The zero-order chi connectivity index (χ0) is 17.8. The highest BCUT2D eigenvalue weighted by Crippen LogP contribution is 2.39. The van der Waals surface area contributed by atoms with Gasteiger partial charge in [-0.15, -0.1) is 23.1 Å². The van der Waals surface area contributed by atoms with Crippen molar-refractivity contribution < 1.29 is 14.7 Å². The summed E-state index contributed by atoms with van der Waals surface area (Å²) in [6.45, 7) is 2.14. The molecule has 0 aliphatic carbocycles. The van der Waals surface area contributed by atoms with Gasteiger partial charge in [0.2, 0.25) is 5.91 Å². The van der Waals surface area contributed by atoms with Crippen molar-refractivity contribution in [2.45, 2.75) is 25.0 Å². The van der Waals surface area contributed by atoms with Crippen molar-refractivity contribution in [2.24, 2.45) is 5.92 Å². The molecule has 6 heteroatoms. The van der Waals surface area contributed by atoms with Crippen molar-refractivity contribution in [3.63, 3.8) is 0 Å². The van der Waals surface area contributed by atoms with Gasteiger partial charge in [0.15, 0.2) is 0 Å². The molecule has 0 saturated heterocycles. The minimum absolute atomic E-state index is 0.0835. The third kappa shape index (κ3) is 4.44. The average Bonchev–Trinajstić information content (AvgIpc) is 3.06. The van der Waals surface area contributed by atoms with E-state index in [1.807, 2.05) is 42.6 Å². The van der Waals surface area contributed by atoms with Gasteiger partial charge in [-0.3, -0.25) is 9.59 Å². The number of hydrogen-bond acceptors (Lipinski definition) is 4. The SMILES string of the molecule is Cc1cccc(CC(CNC(=O)C2SCCc3sccc32)C(=O)O)c1. The summed E-state index contributed by atoms with van der Waals surface area (Å²) in [4.78, 5) is 25.4. The van der Waals surface area contributed by atoms with Crippen molar-refractivity contribution >= 4 is 35.0 Å². The fourth-order valence-corrected chi connectivity index (χ4v) is 5.37. The summed E-state index contributed by atoms with van der Waals surface area (Å²) in [7, 11) is 0. The Balaban J connectivity index is 1.62. The van der Waals surface area contributed by atoms with Gasteiger partial charge in [-0.1, -0.05) is 29.8 Å². The third-order valence-electron chi connectivity index (χ3n) is 4.35. The molecule has 1 aromatic heterocycles. The van der Waals surface area contributed by atoms with Crippen LogP contribution in [0.4, 0.5) is 0 Å². The number of carbonyl (C=O) groups excluding carboxylic acids is 1. The maximum Gasteiger partial charge on any atom is 0.308 e. The molecular formula is C19H21NO3S2. The molecule has 2 heterocycles. The second-order valence-electron chi connectivity index (χ2n) is 6.27. The molecule has 2 aromatic rings. The maximum atomic E-state index is 12.6. The molecule has 0 bridgehead atoms. The molecule has 0 saturated carbocycles. The summed E-state index contributed by atoms with van der Waals surface area (Å²) in [6, 6.07) is 9.85. The van der Waals surface area contributed by atoms with Crippen LogP contribution in [0.2, 0.25) is 0 Å². The molecule has 2 atom stereocenters. The molecule has 132 valence electrons. The molecule has 1 aliphatic rings. The van der Waals surface area contributed by atoms with Crippen LogP contribution in [0.25, 0.3) is 0 Å². The Kier molecular flexibility index (Phi) is 5.81. The van der Waals surface area contributed by atoms with Crippen LogP contribution in [-0.2, 0) is 22.4 Å². The smallest absolute Gasteiger partial charge is 0.308 e. The van der Waals surface area contributed by atoms with Gasteiger partial charge in [0.05, 0.1) is 5.92 Å². The Labute approximate surface area is 155 Å². The van der Waals surface area contributed by atoms with Gasteiger partial charge in [0.25, 0.3) is 0 Å². The van der Waals surface area contributed by atoms with Gasteiger partial charge in [-0.05, 0) is 48.1 Å². The van der Waals surface area contributed by atoms with Crippen LogP contribution in [0, 0.1) is 12.8 Å². The number of carboxylic acids is 1. The summed E-state index contributed by atoms with van der Waals surface area (Å²) < 4.78 is 0. The molecule has 1 aromatic carbocycles. The molecule has 2 N–H and O–H groups in total. The van der Waals surface area contributed by atoms with E-state index in [9.17, 15) is 14.7 Å². The second-order valence-corrected chi connectivity index (χ2v) is 8.49. The van der Waals surface area contributed by atoms with E-state index in [4.69, 9.17) is 0 Å². The summed E-state index contributed by atoms with van der Waals surface area (Å²) >= 11 is 3.32. The van der Waals surface area contributed by atoms with Crippen LogP contribution >= 0.6 is 23.1 Å². The van der Waals surface area contributed by atoms with E-state index < -0.39 is 11.9 Å². The van der Waals surface area contributed by atoms with Gasteiger partial charge in [0, 0.05) is 11.4 Å². The van der Waals surface area contributed by atoms with E-state index >= 15 is 0 Å². The fourth-order valence-electron chi connectivity index (χ4n) is 3.05. The fraction of sp³-hybridized carbons (Fsp3) is 0.368. The van der Waals surface area contributed by atoms with Crippen molar-refractivity contribution in [1.29, 1.82) is 0 Å². The lowest BCUT2D eigenvalue weighted by Gasteiger charge is -2.22. The highest BCUT2D eigenvalue weighted by Gasteiger charge is 2.29. The number of hydrogen-bond donors (Lipinski definition) is 2. The van der Waals surface area contributed by atoms with E-state index in [1.54, 1.807) is 23.1 Å². The van der Waals surface area contributed by atoms with E-state index in [0.29, 0.717) is 6.42 Å². The van der Waals surface area contributed by atoms with Crippen LogP contribution in [0.3, 0.4) is 0 Å². The highest BCUT2D eigenvalue weighted by molar-refractivity contribution is 8.00. The van der Waals surface area contributed by atoms with Gasteiger partial charge in [-0.2, -0.15) is 0 Å². The van der Waals surface area contributed by atoms with Crippen molar-refractivity contribution in [3.8, 4) is 0 Å². The monoisotopic (exact) mass is 375 g/mol. The minimum Gasteiger partial charge on any atom is -0.481 e. The zero-order valence-electron chi connectivity index (χ0n) is 14.0. The van der Waals surface area contributed by atoms with Gasteiger partial charge >= 0.3 is 5.97 Å². The number of fused-ring (bicyclic) bond motifs is 1. The highest BCUT2D eigenvalue weighted by atomic mass is 32.2. The number of benzene rings is 1. The quantitative estimate of drug-likeness (QED) is 0.812. The first-order valence-corrected chi connectivity index (χ1v) is 10.2. The molecule has 25 heavy (non-hydrogen) atoms.